The van der Waals surface area contributed by atoms with Crippen molar-refractivity contribution in [2.45, 2.75) is 19.4 Å². The van der Waals surface area contributed by atoms with Crippen LogP contribution in [0.15, 0.2) is 41.0 Å². The molecule has 0 bridgehead atoms. The molecule has 2 aromatic heterocycles. The van der Waals surface area contributed by atoms with Gasteiger partial charge in [0, 0.05) is 30.6 Å². The van der Waals surface area contributed by atoms with Crippen molar-refractivity contribution in [3.63, 3.8) is 0 Å². The average molecular weight is 290 g/mol. The highest BCUT2D eigenvalue weighted by molar-refractivity contribution is 7.09. The molecule has 0 aliphatic rings. The summed E-state index contributed by atoms with van der Waals surface area (Å²) in [7, 11) is 1.97. The Bertz CT molecular complexity index is 583. The van der Waals surface area contributed by atoms with Crippen molar-refractivity contribution in [1.29, 1.82) is 0 Å². The van der Waals surface area contributed by atoms with Gasteiger partial charge in [-0.2, -0.15) is 0 Å². The zero-order chi connectivity index (χ0) is 14.5. The van der Waals surface area contributed by atoms with Crippen LogP contribution in [-0.2, 0) is 6.42 Å². The van der Waals surface area contributed by atoms with Gasteiger partial charge in [0.1, 0.15) is 5.82 Å². The second-order valence-electron chi connectivity index (χ2n) is 4.60. The maximum absolute atomic E-state index is 8.86. The zero-order valence-corrected chi connectivity index (χ0v) is 12.3. The van der Waals surface area contributed by atoms with Gasteiger partial charge in [0.05, 0.1) is 5.56 Å². The molecule has 0 amide bonds. The Morgan fingerprint density at radius 3 is 2.95 bits per heavy atom. The second kappa shape index (κ2) is 6.38. The number of pyridine rings is 1. The van der Waals surface area contributed by atoms with Crippen molar-refractivity contribution in [2.24, 2.45) is 10.9 Å². The number of nitrogens with two attached hydrogens (primary N) is 1. The summed E-state index contributed by atoms with van der Waals surface area (Å²) in [5.41, 5.74) is 6.34. The Morgan fingerprint density at radius 2 is 2.30 bits per heavy atom. The van der Waals surface area contributed by atoms with Crippen LogP contribution >= 0.6 is 11.3 Å². The number of nitrogens with zero attached hydrogens (tertiary/aromatic N) is 3. The van der Waals surface area contributed by atoms with E-state index in [4.69, 9.17) is 10.9 Å². The summed E-state index contributed by atoms with van der Waals surface area (Å²) in [5.74, 6) is 0.787. The van der Waals surface area contributed by atoms with E-state index >= 15 is 0 Å². The fourth-order valence-electron chi connectivity index (χ4n) is 2.00. The van der Waals surface area contributed by atoms with E-state index < -0.39 is 0 Å². The number of likely N-dealkylation sites (N-methyl/N-ethyl adjacent to an activating group) is 1. The number of amidine groups is 1. The summed E-state index contributed by atoms with van der Waals surface area (Å²) >= 11 is 1.74. The fraction of sp³-hybridized carbons (Fsp3) is 0.286. The third kappa shape index (κ3) is 3.08. The van der Waals surface area contributed by atoms with Crippen LogP contribution in [0.25, 0.3) is 0 Å². The normalized spacial score (nSPS) is 13.2. The molecule has 3 N–H and O–H groups in total. The Labute approximate surface area is 122 Å². The van der Waals surface area contributed by atoms with E-state index in [9.17, 15) is 0 Å². The molecular weight excluding hydrogens is 272 g/mol. The summed E-state index contributed by atoms with van der Waals surface area (Å²) in [6, 6.07) is 8.00. The number of hydrogen-bond acceptors (Lipinski definition) is 5. The van der Waals surface area contributed by atoms with Crippen LogP contribution in [0.5, 0.6) is 0 Å². The maximum Gasteiger partial charge on any atom is 0.173 e. The van der Waals surface area contributed by atoms with Gasteiger partial charge in [-0.05, 0) is 30.5 Å². The van der Waals surface area contributed by atoms with Crippen molar-refractivity contribution < 1.29 is 5.21 Å². The smallest absolute Gasteiger partial charge is 0.173 e. The number of thiophene rings is 1. The van der Waals surface area contributed by atoms with Crippen LogP contribution in [0.2, 0.25) is 0 Å². The molecule has 20 heavy (non-hydrogen) atoms. The molecule has 106 valence electrons. The van der Waals surface area contributed by atoms with Crippen LogP contribution in [0, 0.1) is 0 Å². The minimum absolute atomic E-state index is 0.0725. The molecule has 1 atom stereocenters. The maximum atomic E-state index is 8.86. The van der Waals surface area contributed by atoms with Gasteiger partial charge in [-0.25, -0.2) is 4.98 Å². The van der Waals surface area contributed by atoms with Crippen molar-refractivity contribution in [3.05, 3.63) is 46.3 Å². The molecule has 0 aliphatic heterocycles. The number of rotatable bonds is 5. The lowest BCUT2D eigenvalue weighted by molar-refractivity contribution is 0.318. The number of anilines is 1. The van der Waals surface area contributed by atoms with E-state index in [1.165, 1.54) is 4.88 Å². The van der Waals surface area contributed by atoms with Gasteiger partial charge in [-0.3, -0.25) is 0 Å². The Morgan fingerprint density at radius 1 is 1.50 bits per heavy atom. The molecule has 6 heteroatoms. The van der Waals surface area contributed by atoms with E-state index in [1.807, 2.05) is 11.9 Å². The molecule has 1 unspecified atom stereocenters. The van der Waals surface area contributed by atoms with E-state index in [-0.39, 0.29) is 11.9 Å². The van der Waals surface area contributed by atoms with Gasteiger partial charge in [-0.15, -0.1) is 11.3 Å². The van der Waals surface area contributed by atoms with Gasteiger partial charge < -0.3 is 15.8 Å². The van der Waals surface area contributed by atoms with Crippen LogP contribution in [-0.4, -0.2) is 29.1 Å². The van der Waals surface area contributed by atoms with Crippen molar-refractivity contribution in [1.82, 2.24) is 4.98 Å². The summed E-state index contributed by atoms with van der Waals surface area (Å²) in [5, 5.41) is 14.0. The zero-order valence-electron chi connectivity index (χ0n) is 11.5. The largest absolute Gasteiger partial charge is 0.409 e. The molecule has 2 heterocycles. The van der Waals surface area contributed by atoms with Crippen LogP contribution < -0.4 is 10.6 Å². The quantitative estimate of drug-likeness (QED) is 0.383. The third-order valence-corrected chi connectivity index (χ3v) is 4.14. The van der Waals surface area contributed by atoms with Crippen molar-refractivity contribution in [2.75, 3.05) is 11.9 Å². The van der Waals surface area contributed by atoms with Crippen LogP contribution in [0.3, 0.4) is 0 Å². The third-order valence-electron chi connectivity index (χ3n) is 3.24. The molecule has 0 aliphatic carbocycles. The summed E-state index contributed by atoms with van der Waals surface area (Å²) in [6.07, 6.45) is 2.64. The van der Waals surface area contributed by atoms with E-state index in [0.29, 0.717) is 11.4 Å². The summed E-state index contributed by atoms with van der Waals surface area (Å²) < 4.78 is 0. The van der Waals surface area contributed by atoms with Gasteiger partial charge in [-0.1, -0.05) is 11.2 Å². The predicted molar refractivity (Wildman–Crippen MR) is 82.6 cm³/mol. The Balaban J connectivity index is 2.22. The number of hydrogen-bond donors (Lipinski definition) is 2. The monoisotopic (exact) mass is 290 g/mol. The van der Waals surface area contributed by atoms with Gasteiger partial charge >= 0.3 is 0 Å². The second-order valence-corrected chi connectivity index (χ2v) is 5.64. The molecule has 0 spiro atoms. The molecule has 5 nitrogen and oxygen atoms in total. The molecule has 0 saturated carbocycles. The van der Waals surface area contributed by atoms with E-state index in [0.717, 1.165) is 6.42 Å². The average Bonchev–Trinajstić information content (AvgIpc) is 2.98. The molecule has 0 fully saturated rings. The first-order valence-electron chi connectivity index (χ1n) is 6.31. The molecule has 2 rings (SSSR count). The highest BCUT2D eigenvalue weighted by atomic mass is 32.1. The lowest BCUT2D eigenvalue weighted by Crippen LogP contribution is -2.33. The van der Waals surface area contributed by atoms with Crippen molar-refractivity contribution in [3.8, 4) is 0 Å². The standard InChI is InChI=1S/C14H18N4OS/c1-10(9-11-5-4-8-20-11)18(2)14-12(13(15)17-19)6-3-7-16-14/h3-8,10,19H,9H2,1-2H3,(H2,15,17). The van der Waals surface area contributed by atoms with Gasteiger partial charge in [0.2, 0.25) is 0 Å². The molecule has 0 radical (unpaired) electrons. The highest BCUT2D eigenvalue weighted by Crippen LogP contribution is 2.21. The number of aromatic nitrogens is 1. The minimum atomic E-state index is 0.0725. The molecule has 0 aromatic carbocycles. The van der Waals surface area contributed by atoms with Gasteiger partial charge in [0.15, 0.2) is 5.84 Å². The van der Waals surface area contributed by atoms with E-state index in [1.54, 1.807) is 29.7 Å². The van der Waals surface area contributed by atoms with Crippen molar-refractivity contribution >= 4 is 23.0 Å². The lowest BCUT2D eigenvalue weighted by Gasteiger charge is -2.27. The number of oxime groups is 1. The highest BCUT2D eigenvalue weighted by Gasteiger charge is 2.17. The molecular formula is C14H18N4OS. The first kappa shape index (κ1) is 14.3. The topological polar surface area (TPSA) is 74.7 Å². The SMILES string of the molecule is CC(Cc1cccs1)N(C)c1ncccc1C(N)=NO. The van der Waals surface area contributed by atoms with Crippen LogP contribution in [0.1, 0.15) is 17.4 Å². The lowest BCUT2D eigenvalue weighted by atomic mass is 10.1. The van der Waals surface area contributed by atoms with E-state index in [2.05, 4.69) is 34.6 Å². The molecule has 2 aromatic rings. The first-order valence-corrected chi connectivity index (χ1v) is 7.19. The molecule has 0 saturated heterocycles. The summed E-state index contributed by atoms with van der Waals surface area (Å²) in [4.78, 5) is 7.73. The Hall–Kier alpha value is -2.08. The minimum Gasteiger partial charge on any atom is -0.409 e. The predicted octanol–water partition coefficient (Wildman–Crippen LogP) is 2.30. The fourth-order valence-corrected chi connectivity index (χ4v) is 2.82. The Kier molecular flexibility index (Phi) is 4.57. The van der Waals surface area contributed by atoms with Gasteiger partial charge in [0.25, 0.3) is 0 Å². The first-order chi connectivity index (χ1) is 9.63. The summed E-state index contributed by atoms with van der Waals surface area (Å²) in [6.45, 7) is 2.13. The van der Waals surface area contributed by atoms with Crippen LogP contribution in [0.4, 0.5) is 5.82 Å².